The second-order valence-corrected chi connectivity index (χ2v) is 5.65. The first kappa shape index (κ1) is 14.5. The van der Waals surface area contributed by atoms with Gasteiger partial charge in [-0.25, -0.2) is 0 Å². The van der Waals surface area contributed by atoms with E-state index >= 15 is 0 Å². The summed E-state index contributed by atoms with van der Waals surface area (Å²) in [5, 5.41) is 3.57. The predicted octanol–water partition coefficient (Wildman–Crippen LogP) is 2.10. The van der Waals surface area contributed by atoms with Gasteiger partial charge < -0.3 is 15.0 Å². The highest BCUT2D eigenvalue weighted by molar-refractivity contribution is 5.22. The molecular formula is C16H26N2O. The number of hydrogen-bond donors (Lipinski definition) is 1. The molecule has 0 bridgehead atoms. The van der Waals surface area contributed by atoms with Crippen molar-refractivity contribution in [3.05, 3.63) is 35.9 Å². The quantitative estimate of drug-likeness (QED) is 0.726. The second-order valence-electron chi connectivity index (χ2n) is 5.65. The molecule has 1 aliphatic rings. The topological polar surface area (TPSA) is 24.5 Å². The molecule has 0 unspecified atom stereocenters. The zero-order valence-corrected chi connectivity index (χ0v) is 12.1. The van der Waals surface area contributed by atoms with Crippen LogP contribution in [0.15, 0.2) is 30.3 Å². The number of hydrogen-bond acceptors (Lipinski definition) is 3. The molecule has 0 amide bonds. The molecule has 0 radical (unpaired) electrons. The Morgan fingerprint density at radius 2 is 1.89 bits per heavy atom. The summed E-state index contributed by atoms with van der Waals surface area (Å²) in [6.07, 6.45) is 2.53. The first-order valence-electron chi connectivity index (χ1n) is 7.26. The van der Waals surface area contributed by atoms with E-state index in [1.165, 1.54) is 18.4 Å². The Morgan fingerprint density at radius 1 is 1.16 bits per heavy atom. The summed E-state index contributed by atoms with van der Waals surface area (Å²) < 4.78 is 5.57. The molecule has 0 saturated heterocycles. The van der Waals surface area contributed by atoms with Gasteiger partial charge in [-0.05, 0) is 38.4 Å². The third-order valence-electron chi connectivity index (χ3n) is 3.77. The molecule has 106 valence electrons. The van der Waals surface area contributed by atoms with E-state index in [-0.39, 0.29) is 0 Å². The zero-order valence-electron chi connectivity index (χ0n) is 12.1. The Hall–Kier alpha value is -0.900. The lowest BCUT2D eigenvalue weighted by atomic mass is 9.76. The zero-order chi connectivity index (χ0) is 13.5. The highest BCUT2D eigenvalue weighted by Gasteiger charge is 2.29. The first-order valence-corrected chi connectivity index (χ1v) is 7.26. The molecule has 1 aromatic carbocycles. The van der Waals surface area contributed by atoms with Crippen LogP contribution in [0.5, 0.6) is 0 Å². The van der Waals surface area contributed by atoms with Gasteiger partial charge in [0.1, 0.15) is 0 Å². The smallest absolute Gasteiger partial charge is 0.0593 e. The Labute approximate surface area is 116 Å². The average Bonchev–Trinajstić information content (AvgIpc) is 2.36. The van der Waals surface area contributed by atoms with Crippen molar-refractivity contribution in [1.29, 1.82) is 0 Å². The van der Waals surface area contributed by atoms with Crippen LogP contribution in [0.2, 0.25) is 0 Å². The molecule has 0 aliphatic heterocycles. The molecule has 0 heterocycles. The molecule has 2 rings (SSSR count). The van der Waals surface area contributed by atoms with Crippen molar-refractivity contribution >= 4 is 0 Å². The lowest BCUT2D eigenvalue weighted by molar-refractivity contribution is 0.114. The molecule has 1 fully saturated rings. The van der Waals surface area contributed by atoms with Gasteiger partial charge in [-0.2, -0.15) is 0 Å². The molecule has 1 N–H and O–H groups in total. The number of rotatable bonds is 8. The molecule has 1 saturated carbocycles. The molecule has 0 spiro atoms. The van der Waals surface area contributed by atoms with Gasteiger partial charge >= 0.3 is 0 Å². The van der Waals surface area contributed by atoms with Crippen LogP contribution in [-0.2, 0) is 4.74 Å². The van der Waals surface area contributed by atoms with Gasteiger partial charge in [-0.3, -0.25) is 0 Å². The lowest BCUT2D eigenvalue weighted by Crippen LogP contribution is -2.41. The number of benzene rings is 1. The first-order chi connectivity index (χ1) is 9.25. The number of likely N-dealkylation sites (N-methyl/N-ethyl adjacent to an activating group) is 1. The van der Waals surface area contributed by atoms with Crippen LogP contribution in [-0.4, -0.2) is 51.3 Å². The predicted molar refractivity (Wildman–Crippen MR) is 79.6 cm³/mol. The standard InChI is InChI=1S/C16H26N2O/c1-18(2)9-11-19-10-8-17-16-12-15(13-16)14-6-4-3-5-7-14/h3-7,15-17H,8-13H2,1-2H3. The third-order valence-corrected chi connectivity index (χ3v) is 3.77. The van der Waals surface area contributed by atoms with E-state index in [1.54, 1.807) is 0 Å². The fourth-order valence-corrected chi connectivity index (χ4v) is 2.47. The van der Waals surface area contributed by atoms with Crippen molar-refractivity contribution < 1.29 is 4.74 Å². The summed E-state index contributed by atoms with van der Waals surface area (Å²) in [7, 11) is 4.14. The van der Waals surface area contributed by atoms with E-state index < -0.39 is 0 Å². The Morgan fingerprint density at radius 3 is 2.58 bits per heavy atom. The van der Waals surface area contributed by atoms with Crippen molar-refractivity contribution in [1.82, 2.24) is 10.2 Å². The minimum absolute atomic E-state index is 0.683. The van der Waals surface area contributed by atoms with Crippen LogP contribution in [0.1, 0.15) is 24.3 Å². The summed E-state index contributed by atoms with van der Waals surface area (Å²) in [5.41, 5.74) is 1.49. The maximum atomic E-state index is 5.57. The van der Waals surface area contributed by atoms with Crippen molar-refractivity contribution in [2.24, 2.45) is 0 Å². The molecule has 1 aromatic rings. The van der Waals surface area contributed by atoms with Crippen LogP contribution in [0.4, 0.5) is 0 Å². The molecule has 0 aromatic heterocycles. The maximum absolute atomic E-state index is 5.57. The van der Waals surface area contributed by atoms with Crippen LogP contribution < -0.4 is 5.32 Å². The van der Waals surface area contributed by atoms with Crippen molar-refractivity contribution in [3.8, 4) is 0 Å². The van der Waals surface area contributed by atoms with Gasteiger partial charge in [0.2, 0.25) is 0 Å². The monoisotopic (exact) mass is 262 g/mol. The highest BCUT2D eigenvalue weighted by Crippen LogP contribution is 2.36. The number of nitrogens with zero attached hydrogens (tertiary/aromatic N) is 1. The van der Waals surface area contributed by atoms with Crippen LogP contribution in [0, 0.1) is 0 Å². The van der Waals surface area contributed by atoms with Gasteiger partial charge in [0, 0.05) is 19.1 Å². The van der Waals surface area contributed by atoms with Crippen molar-refractivity contribution in [2.75, 3.05) is 40.4 Å². The average molecular weight is 262 g/mol. The van der Waals surface area contributed by atoms with E-state index in [4.69, 9.17) is 4.74 Å². The van der Waals surface area contributed by atoms with E-state index in [9.17, 15) is 0 Å². The summed E-state index contributed by atoms with van der Waals surface area (Å²) in [5.74, 6) is 0.758. The highest BCUT2D eigenvalue weighted by atomic mass is 16.5. The fraction of sp³-hybridized carbons (Fsp3) is 0.625. The van der Waals surface area contributed by atoms with Gasteiger partial charge in [0.25, 0.3) is 0 Å². The summed E-state index contributed by atoms with van der Waals surface area (Å²) >= 11 is 0. The summed E-state index contributed by atoms with van der Waals surface area (Å²) in [6, 6.07) is 11.5. The molecule has 3 heteroatoms. The van der Waals surface area contributed by atoms with Gasteiger partial charge in [0.15, 0.2) is 0 Å². The van der Waals surface area contributed by atoms with E-state index in [0.717, 1.165) is 32.2 Å². The Balaban J connectivity index is 1.49. The maximum Gasteiger partial charge on any atom is 0.0593 e. The van der Waals surface area contributed by atoms with E-state index in [1.807, 2.05) is 0 Å². The summed E-state index contributed by atoms with van der Waals surface area (Å²) in [6.45, 7) is 3.62. The molecule has 19 heavy (non-hydrogen) atoms. The fourth-order valence-electron chi connectivity index (χ4n) is 2.47. The molecular weight excluding hydrogens is 236 g/mol. The number of ether oxygens (including phenoxy) is 1. The van der Waals surface area contributed by atoms with Gasteiger partial charge in [-0.15, -0.1) is 0 Å². The van der Waals surface area contributed by atoms with Crippen LogP contribution in [0.3, 0.4) is 0 Å². The van der Waals surface area contributed by atoms with E-state index in [2.05, 4.69) is 54.6 Å². The minimum atomic E-state index is 0.683. The molecule has 1 aliphatic carbocycles. The Bertz CT molecular complexity index is 347. The van der Waals surface area contributed by atoms with Gasteiger partial charge in [0.05, 0.1) is 13.2 Å². The second kappa shape index (κ2) is 7.63. The third kappa shape index (κ3) is 4.94. The van der Waals surface area contributed by atoms with E-state index in [0.29, 0.717) is 6.04 Å². The normalized spacial score (nSPS) is 22.5. The SMILES string of the molecule is CN(C)CCOCCNC1CC(c2ccccc2)C1. The largest absolute Gasteiger partial charge is 0.379 e. The van der Waals surface area contributed by atoms with Crippen molar-refractivity contribution in [2.45, 2.75) is 24.8 Å². The van der Waals surface area contributed by atoms with Crippen LogP contribution in [0.25, 0.3) is 0 Å². The summed E-state index contributed by atoms with van der Waals surface area (Å²) in [4.78, 5) is 2.14. The minimum Gasteiger partial charge on any atom is -0.379 e. The van der Waals surface area contributed by atoms with Gasteiger partial charge in [-0.1, -0.05) is 30.3 Å². The molecule has 3 nitrogen and oxygen atoms in total. The molecule has 0 atom stereocenters. The van der Waals surface area contributed by atoms with Crippen molar-refractivity contribution in [3.63, 3.8) is 0 Å². The van der Waals surface area contributed by atoms with Crippen LogP contribution >= 0.6 is 0 Å². The lowest BCUT2D eigenvalue weighted by Gasteiger charge is -2.36. The number of nitrogens with one attached hydrogen (secondary N) is 1. The Kier molecular flexibility index (Phi) is 5.83.